The summed E-state index contributed by atoms with van der Waals surface area (Å²) in [6, 6.07) is 9.19. The average molecular weight is 891 g/mol. The van der Waals surface area contributed by atoms with E-state index in [-0.39, 0.29) is 50.3 Å². The number of amides is 4. The molecule has 346 valence electrons. The second-order valence-corrected chi connectivity index (χ2v) is 15.1. The minimum Gasteiger partial charge on any atom is -0.491 e. The third-order valence-corrected chi connectivity index (χ3v) is 11.1. The third kappa shape index (κ3) is 11.3. The Morgan fingerprint density at radius 1 is 0.625 bits per heavy atom. The zero-order valence-electron chi connectivity index (χ0n) is 37.1. The number of H-pyrrole nitrogens is 2. The standard InChI is InChI=1S/C44H58N8O12/c1-57-17-19-63-37-21-27(31-23-45-39(47-31)35-9-7-15-51(35)41(53)33(25-59-3)49-43(55)61-5)11-13-29(37)30-14-12-28(22-38(30)64-20-18-58-2)32-24-46-40(48-32)36-10-8-16-52(36)42(54)34(26-60-4)50-44(56)62-6/h11-14,21-24,33-36H,7-10,15-20,25-26H2,1-6H3,(H,45,47)(H,46,48)(H,49,55)(H,50,56)/t33-,34-,35-,36-/m0/s1. The van der Waals surface area contributed by atoms with Gasteiger partial charge in [0.1, 0.15) is 48.4 Å². The van der Waals surface area contributed by atoms with E-state index >= 15 is 0 Å². The van der Waals surface area contributed by atoms with Gasteiger partial charge in [-0.25, -0.2) is 19.6 Å². The van der Waals surface area contributed by atoms with Crippen molar-refractivity contribution < 1.29 is 57.1 Å². The molecule has 2 fully saturated rings. The molecule has 2 aromatic carbocycles. The van der Waals surface area contributed by atoms with Crippen LogP contribution in [-0.4, -0.2) is 161 Å². The number of imidazole rings is 2. The minimum atomic E-state index is -0.917. The largest absolute Gasteiger partial charge is 0.491 e. The van der Waals surface area contributed by atoms with Gasteiger partial charge in [-0.2, -0.15) is 0 Å². The van der Waals surface area contributed by atoms with Gasteiger partial charge >= 0.3 is 12.2 Å². The molecule has 2 aliphatic rings. The molecule has 64 heavy (non-hydrogen) atoms. The second-order valence-electron chi connectivity index (χ2n) is 15.1. The van der Waals surface area contributed by atoms with E-state index in [1.54, 1.807) is 36.4 Å². The second kappa shape index (κ2) is 22.9. The number of carbonyl (C=O) groups is 4. The van der Waals surface area contributed by atoms with E-state index in [0.717, 1.165) is 46.5 Å². The van der Waals surface area contributed by atoms with Gasteiger partial charge in [-0.3, -0.25) is 9.59 Å². The van der Waals surface area contributed by atoms with Crippen LogP contribution in [0.1, 0.15) is 49.4 Å². The fourth-order valence-corrected chi connectivity index (χ4v) is 7.95. The number of aromatic nitrogens is 4. The predicted octanol–water partition coefficient (Wildman–Crippen LogP) is 4.25. The maximum Gasteiger partial charge on any atom is 0.407 e. The molecule has 2 aromatic heterocycles. The van der Waals surface area contributed by atoms with E-state index in [1.165, 1.54) is 28.4 Å². The number of hydrogen-bond acceptors (Lipinski definition) is 14. The SMILES string of the molecule is COCCOc1cc(-c2cnc([C@@H]3CCCN3C(=O)[C@H](COC)NC(=O)OC)[nH]2)ccc1-c1ccc(-c2cnc([C@@H]3CCCN3C(=O)[C@H](COC)NC(=O)OC)[nH]2)cc1OCCOC. The fraction of sp³-hybridized carbons (Fsp3) is 0.500. The van der Waals surface area contributed by atoms with Crippen LogP contribution in [0.2, 0.25) is 0 Å². The van der Waals surface area contributed by atoms with Gasteiger partial charge in [-0.1, -0.05) is 12.1 Å². The number of ether oxygens (including phenoxy) is 8. The smallest absolute Gasteiger partial charge is 0.407 e. The van der Waals surface area contributed by atoms with Crippen molar-refractivity contribution in [2.24, 2.45) is 0 Å². The molecule has 0 aliphatic carbocycles. The summed E-state index contributed by atoms with van der Waals surface area (Å²) < 4.78 is 43.2. The highest BCUT2D eigenvalue weighted by molar-refractivity contribution is 5.87. The molecule has 0 bridgehead atoms. The predicted molar refractivity (Wildman–Crippen MR) is 232 cm³/mol. The minimum absolute atomic E-state index is 0.0103. The molecule has 0 spiro atoms. The Morgan fingerprint density at radius 2 is 1.05 bits per heavy atom. The highest BCUT2D eigenvalue weighted by atomic mass is 16.5. The Bertz CT molecular complexity index is 2040. The van der Waals surface area contributed by atoms with Crippen LogP contribution in [0.4, 0.5) is 9.59 Å². The lowest BCUT2D eigenvalue weighted by atomic mass is 9.98. The number of nitrogens with one attached hydrogen (secondary N) is 4. The summed E-state index contributed by atoms with van der Waals surface area (Å²) in [4.78, 5) is 70.9. The number of benzene rings is 2. The average Bonchev–Trinajstić information content (AvgIpc) is 4.16. The number of likely N-dealkylation sites (tertiary alicyclic amines) is 2. The van der Waals surface area contributed by atoms with Crippen molar-refractivity contribution in [3.63, 3.8) is 0 Å². The molecule has 0 radical (unpaired) electrons. The van der Waals surface area contributed by atoms with Crippen LogP contribution >= 0.6 is 0 Å². The van der Waals surface area contributed by atoms with Crippen LogP contribution in [0.25, 0.3) is 33.6 Å². The van der Waals surface area contributed by atoms with Crippen LogP contribution < -0.4 is 20.1 Å². The summed E-state index contributed by atoms with van der Waals surface area (Å²) in [5.41, 5.74) is 4.57. The molecule has 20 heteroatoms. The highest BCUT2D eigenvalue weighted by Gasteiger charge is 2.38. The molecular weight excluding hydrogens is 833 g/mol. The third-order valence-electron chi connectivity index (χ3n) is 11.1. The zero-order chi connectivity index (χ0) is 45.6. The quantitative estimate of drug-likeness (QED) is 0.0858. The van der Waals surface area contributed by atoms with Crippen molar-refractivity contribution in [2.75, 3.05) is 95.4 Å². The molecule has 0 unspecified atom stereocenters. The summed E-state index contributed by atoms with van der Waals surface area (Å²) in [6.45, 7) is 2.25. The Balaban J connectivity index is 1.27. The molecule has 4 N–H and O–H groups in total. The van der Waals surface area contributed by atoms with Crippen LogP contribution in [0.5, 0.6) is 11.5 Å². The van der Waals surface area contributed by atoms with Crippen molar-refractivity contribution in [3.05, 3.63) is 60.4 Å². The molecule has 4 heterocycles. The van der Waals surface area contributed by atoms with E-state index < -0.39 is 24.3 Å². The van der Waals surface area contributed by atoms with Gasteiger partial charge in [0, 0.05) is 63.8 Å². The highest BCUT2D eigenvalue weighted by Crippen LogP contribution is 2.42. The van der Waals surface area contributed by atoms with E-state index in [4.69, 9.17) is 47.9 Å². The number of methoxy groups -OCH3 is 6. The van der Waals surface area contributed by atoms with Crippen LogP contribution in [0.15, 0.2) is 48.8 Å². The Hall–Kier alpha value is -6.22. The van der Waals surface area contributed by atoms with Gasteiger partial charge in [0.2, 0.25) is 11.8 Å². The molecule has 20 nitrogen and oxygen atoms in total. The van der Waals surface area contributed by atoms with Crippen molar-refractivity contribution >= 4 is 24.0 Å². The van der Waals surface area contributed by atoms with Crippen molar-refractivity contribution in [2.45, 2.75) is 49.9 Å². The first kappa shape index (κ1) is 47.3. The summed E-state index contributed by atoms with van der Waals surface area (Å²) >= 11 is 0. The summed E-state index contributed by atoms with van der Waals surface area (Å²) in [5.74, 6) is 1.81. The van der Waals surface area contributed by atoms with Gasteiger partial charge in [0.05, 0.1) is 76.5 Å². The molecule has 4 amide bonds. The monoisotopic (exact) mass is 890 g/mol. The number of hydrogen-bond donors (Lipinski definition) is 4. The Labute approximate surface area is 371 Å². The molecular formula is C44H58N8O12. The maximum absolute atomic E-state index is 13.6. The van der Waals surface area contributed by atoms with Gasteiger partial charge < -0.3 is 68.3 Å². The van der Waals surface area contributed by atoms with Gasteiger partial charge in [-0.05, 0) is 49.9 Å². The van der Waals surface area contributed by atoms with Crippen molar-refractivity contribution in [1.82, 2.24) is 40.4 Å². The number of aromatic amines is 2. The lowest BCUT2D eigenvalue weighted by molar-refractivity contribution is -0.136. The summed E-state index contributed by atoms with van der Waals surface area (Å²) in [5, 5.41) is 5.15. The molecule has 0 saturated carbocycles. The van der Waals surface area contributed by atoms with E-state index in [9.17, 15) is 19.2 Å². The van der Waals surface area contributed by atoms with Crippen molar-refractivity contribution in [3.8, 4) is 45.1 Å². The number of alkyl carbamates (subject to hydrolysis) is 2. The summed E-state index contributed by atoms with van der Waals surface area (Å²) in [6.07, 6.45) is 4.92. The molecule has 4 atom stereocenters. The molecule has 6 rings (SSSR count). The van der Waals surface area contributed by atoms with Crippen LogP contribution in [0, 0.1) is 0 Å². The number of nitrogens with zero attached hydrogens (tertiary/aromatic N) is 4. The maximum atomic E-state index is 13.6. The molecule has 4 aromatic rings. The Morgan fingerprint density at radius 3 is 1.42 bits per heavy atom. The number of carbonyl (C=O) groups excluding carboxylic acids is 4. The fourth-order valence-electron chi connectivity index (χ4n) is 7.95. The van der Waals surface area contributed by atoms with Gasteiger partial charge in [0.15, 0.2) is 0 Å². The van der Waals surface area contributed by atoms with Crippen molar-refractivity contribution in [1.29, 1.82) is 0 Å². The van der Waals surface area contributed by atoms with Gasteiger partial charge in [-0.15, -0.1) is 0 Å². The Kier molecular flexibility index (Phi) is 16.9. The normalized spacial score (nSPS) is 16.9. The number of rotatable bonds is 21. The molecule has 2 aliphatic heterocycles. The first-order valence-corrected chi connectivity index (χ1v) is 21.0. The van der Waals surface area contributed by atoms with E-state index in [0.29, 0.717) is 62.3 Å². The van der Waals surface area contributed by atoms with E-state index in [1.807, 2.05) is 36.4 Å². The topological polar surface area (TPSA) is 230 Å². The lowest BCUT2D eigenvalue weighted by Crippen LogP contribution is -2.50. The lowest BCUT2D eigenvalue weighted by Gasteiger charge is -2.27. The van der Waals surface area contributed by atoms with Gasteiger partial charge in [0.25, 0.3) is 0 Å². The van der Waals surface area contributed by atoms with E-state index in [2.05, 4.69) is 20.6 Å². The zero-order valence-corrected chi connectivity index (χ0v) is 37.1. The summed E-state index contributed by atoms with van der Waals surface area (Å²) in [7, 11) is 8.63. The first-order valence-electron chi connectivity index (χ1n) is 21.0. The van der Waals surface area contributed by atoms with Crippen LogP contribution in [0.3, 0.4) is 0 Å². The molecule has 2 saturated heterocycles. The first-order chi connectivity index (χ1) is 31.1. The van der Waals surface area contributed by atoms with Crippen LogP contribution in [-0.2, 0) is 38.0 Å².